The SMILES string of the molecule is Cc1nnc2c3[nH]c(C(=O)NCC4(O)CC4)cc3c(Br)cn12. The Hall–Kier alpha value is -1.93. The normalized spacial score (nSPS) is 16.3. The lowest BCUT2D eigenvalue weighted by molar-refractivity contribution is 0.0892. The molecule has 1 amide bonds. The summed E-state index contributed by atoms with van der Waals surface area (Å²) in [6.45, 7) is 2.15. The van der Waals surface area contributed by atoms with Gasteiger partial charge in [-0.25, -0.2) is 0 Å². The van der Waals surface area contributed by atoms with E-state index in [1.807, 2.05) is 17.5 Å². The Balaban J connectivity index is 1.74. The Labute approximate surface area is 133 Å². The molecule has 1 saturated carbocycles. The summed E-state index contributed by atoms with van der Waals surface area (Å²) in [6.07, 6.45) is 3.37. The van der Waals surface area contributed by atoms with Crippen LogP contribution >= 0.6 is 15.9 Å². The summed E-state index contributed by atoms with van der Waals surface area (Å²) in [5.74, 6) is 0.534. The molecule has 0 bridgehead atoms. The number of amides is 1. The third-order valence-electron chi connectivity index (χ3n) is 4.06. The number of aliphatic hydroxyl groups is 1. The molecule has 114 valence electrons. The van der Waals surface area contributed by atoms with Crippen molar-refractivity contribution in [3.05, 3.63) is 28.3 Å². The van der Waals surface area contributed by atoms with Crippen molar-refractivity contribution in [1.82, 2.24) is 24.9 Å². The van der Waals surface area contributed by atoms with Gasteiger partial charge < -0.3 is 15.4 Å². The first-order chi connectivity index (χ1) is 10.5. The number of aromatic amines is 1. The number of rotatable bonds is 3. The minimum absolute atomic E-state index is 0.238. The number of fused-ring (bicyclic) bond motifs is 3. The van der Waals surface area contributed by atoms with Crippen LogP contribution in [-0.2, 0) is 0 Å². The van der Waals surface area contributed by atoms with Gasteiger partial charge >= 0.3 is 0 Å². The summed E-state index contributed by atoms with van der Waals surface area (Å²) < 4.78 is 2.71. The second-order valence-electron chi connectivity index (χ2n) is 5.80. The zero-order valence-electron chi connectivity index (χ0n) is 11.9. The van der Waals surface area contributed by atoms with Crippen molar-refractivity contribution in [2.24, 2.45) is 0 Å². The van der Waals surface area contributed by atoms with Crippen LogP contribution in [0.1, 0.15) is 29.2 Å². The summed E-state index contributed by atoms with van der Waals surface area (Å²) in [4.78, 5) is 15.3. The fourth-order valence-corrected chi connectivity index (χ4v) is 3.00. The van der Waals surface area contributed by atoms with E-state index < -0.39 is 5.60 Å². The molecule has 8 heteroatoms. The molecular formula is C14H14BrN5O2. The third-order valence-corrected chi connectivity index (χ3v) is 4.69. The van der Waals surface area contributed by atoms with Gasteiger partial charge in [0.2, 0.25) is 0 Å². The van der Waals surface area contributed by atoms with Crippen LogP contribution in [0.15, 0.2) is 16.7 Å². The number of carbonyl (C=O) groups excluding carboxylic acids is 1. The molecule has 1 fully saturated rings. The predicted molar refractivity (Wildman–Crippen MR) is 83.8 cm³/mol. The number of hydrogen-bond donors (Lipinski definition) is 3. The van der Waals surface area contributed by atoms with Crippen LogP contribution < -0.4 is 5.32 Å². The monoisotopic (exact) mass is 363 g/mol. The first kappa shape index (κ1) is 13.7. The number of carbonyl (C=O) groups is 1. The standard InChI is InChI=1S/C14H14BrN5O2/c1-7-18-19-12-11-8(9(15)5-20(7)12)4-10(17-11)13(21)16-6-14(22)2-3-14/h4-5,17,22H,2-3,6H2,1H3,(H,16,21). The molecule has 22 heavy (non-hydrogen) atoms. The molecule has 0 unspecified atom stereocenters. The minimum atomic E-state index is -0.709. The second kappa shape index (κ2) is 4.53. The molecule has 0 atom stereocenters. The average molecular weight is 364 g/mol. The van der Waals surface area contributed by atoms with Gasteiger partial charge in [-0.1, -0.05) is 0 Å². The highest BCUT2D eigenvalue weighted by atomic mass is 79.9. The predicted octanol–water partition coefficient (Wildman–Crippen LogP) is 1.54. The van der Waals surface area contributed by atoms with Crippen molar-refractivity contribution in [2.45, 2.75) is 25.4 Å². The van der Waals surface area contributed by atoms with Gasteiger partial charge in [0.1, 0.15) is 11.5 Å². The van der Waals surface area contributed by atoms with Crippen LogP contribution in [0.3, 0.4) is 0 Å². The summed E-state index contributed by atoms with van der Waals surface area (Å²) in [5.41, 5.74) is 1.16. The number of nitrogens with zero attached hydrogens (tertiary/aromatic N) is 3. The first-order valence-electron chi connectivity index (χ1n) is 7.00. The van der Waals surface area contributed by atoms with Gasteiger partial charge in [0, 0.05) is 22.6 Å². The number of pyridine rings is 1. The zero-order chi connectivity index (χ0) is 15.5. The molecule has 7 nitrogen and oxygen atoms in total. The quantitative estimate of drug-likeness (QED) is 0.657. The molecule has 1 aliphatic rings. The van der Waals surface area contributed by atoms with E-state index in [4.69, 9.17) is 0 Å². The number of nitrogens with one attached hydrogen (secondary N) is 2. The molecule has 0 aliphatic heterocycles. The fourth-order valence-electron chi connectivity index (χ4n) is 2.48. The minimum Gasteiger partial charge on any atom is -0.388 e. The van der Waals surface area contributed by atoms with E-state index in [0.717, 1.165) is 34.0 Å². The van der Waals surface area contributed by atoms with Crippen molar-refractivity contribution in [3.8, 4) is 0 Å². The zero-order valence-corrected chi connectivity index (χ0v) is 13.4. The lowest BCUT2D eigenvalue weighted by atomic mass is 10.3. The van der Waals surface area contributed by atoms with E-state index in [2.05, 4.69) is 36.4 Å². The molecule has 0 radical (unpaired) electrons. The molecule has 3 heterocycles. The molecule has 0 aromatic carbocycles. The number of hydrogen-bond acceptors (Lipinski definition) is 4. The fraction of sp³-hybridized carbons (Fsp3) is 0.357. The van der Waals surface area contributed by atoms with E-state index in [9.17, 15) is 9.90 Å². The molecule has 1 aliphatic carbocycles. The van der Waals surface area contributed by atoms with Gasteiger partial charge in [0.15, 0.2) is 5.65 Å². The Morgan fingerprint density at radius 3 is 3.05 bits per heavy atom. The average Bonchev–Trinajstić information content (AvgIpc) is 2.91. The molecular weight excluding hydrogens is 350 g/mol. The lowest BCUT2D eigenvalue weighted by Gasteiger charge is -2.08. The topological polar surface area (TPSA) is 95.3 Å². The first-order valence-corrected chi connectivity index (χ1v) is 7.79. The van der Waals surface area contributed by atoms with Gasteiger partial charge in [-0.05, 0) is 41.8 Å². The van der Waals surface area contributed by atoms with E-state index in [0.29, 0.717) is 11.3 Å². The third kappa shape index (κ3) is 2.10. The highest BCUT2D eigenvalue weighted by molar-refractivity contribution is 9.10. The van der Waals surface area contributed by atoms with Crippen LogP contribution in [0.4, 0.5) is 0 Å². The number of aryl methyl sites for hydroxylation is 1. The number of aromatic nitrogens is 4. The maximum Gasteiger partial charge on any atom is 0.267 e. The maximum atomic E-state index is 12.2. The van der Waals surface area contributed by atoms with Gasteiger partial charge in [-0.3, -0.25) is 9.20 Å². The molecule has 3 aromatic heterocycles. The Kier molecular flexibility index (Phi) is 2.82. The number of halogens is 1. The highest BCUT2D eigenvalue weighted by Crippen LogP contribution is 2.34. The van der Waals surface area contributed by atoms with Crippen LogP contribution in [0.5, 0.6) is 0 Å². The van der Waals surface area contributed by atoms with E-state index in [1.165, 1.54) is 0 Å². The van der Waals surface area contributed by atoms with Gasteiger partial charge in [-0.2, -0.15) is 0 Å². The van der Waals surface area contributed by atoms with Gasteiger partial charge in [-0.15, -0.1) is 10.2 Å². The van der Waals surface area contributed by atoms with Crippen molar-refractivity contribution >= 4 is 38.4 Å². The van der Waals surface area contributed by atoms with E-state index in [1.54, 1.807) is 6.07 Å². The van der Waals surface area contributed by atoms with Crippen LogP contribution in [0.2, 0.25) is 0 Å². The second-order valence-corrected chi connectivity index (χ2v) is 6.65. The van der Waals surface area contributed by atoms with Crippen molar-refractivity contribution < 1.29 is 9.90 Å². The Morgan fingerprint density at radius 1 is 1.55 bits per heavy atom. The van der Waals surface area contributed by atoms with Crippen molar-refractivity contribution in [1.29, 1.82) is 0 Å². The molecule has 4 rings (SSSR count). The maximum absolute atomic E-state index is 12.2. The van der Waals surface area contributed by atoms with Crippen molar-refractivity contribution in [3.63, 3.8) is 0 Å². The van der Waals surface area contributed by atoms with Gasteiger partial charge in [0.05, 0.1) is 11.1 Å². The van der Waals surface area contributed by atoms with E-state index >= 15 is 0 Å². The molecule has 0 spiro atoms. The summed E-state index contributed by atoms with van der Waals surface area (Å²) >= 11 is 3.51. The smallest absolute Gasteiger partial charge is 0.267 e. The summed E-state index contributed by atoms with van der Waals surface area (Å²) in [6, 6.07) is 1.77. The van der Waals surface area contributed by atoms with Crippen molar-refractivity contribution in [2.75, 3.05) is 6.54 Å². The van der Waals surface area contributed by atoms with Crippen LogP contribution in [-0.4, -0.2) is 42.7 Å². The molecule has 3 aromatic rings. The lowest BCUT2D eigenvalue weighted by Crippen LogP contribution is -2.33. The number of H-pyrrole nitrogens is 1. The Morgan fingerprint density at radius 2 is 2.32 bits per heavy atom. The van der Waals surface area contributed by atoms with Gasteiger partial charge in [0.25, 0.3) is 5.91 Å². The highest BCUT2D eigenvalue weighted by Gasteiger charge is 2.40. The Bertz CT molecular complexity index is 909. The van der Waals surface area contributed by atoms with Crippen LogP contribution in [0.25, 0.3) is 16.6 Å². The largest absolute Gasteiger partial charge is 0.388 e. The van der Waals surface area contributed by atoms with E-state index in [-0.39, 0.29) is 12.5 Å². The molecule has 0 saturated heterocycles. The summed E-state index contributed by atoms with van der Waals surface area (Å²) in [5, 5.41) is 21.6. The molecule has 3 N–H and O–H groups in total. The van der Waals surface area contributed by atoms with Crippen LogP contribution in [0, 0.1) is 6.92 Å². The summed E-state index contributed by atoms with van der Waals surface area (Å²) in [7, 11) is 0.